The zero-order chi connectivity index (χ0) is 19.3. The number of pyridine rings is 1. The Labute approximate surface area is 171 Å². The minimum Gasteiger partial charge on any atom is -0.324 e. The molecule has 28 heavy (non-hydrogen) atoms. The molecule has 2 aromatic carbocycles. The van der Waals surface area contributed by atoms with Gasteiger partial charge >= 0.3 is 0 Å². The minimum atomic E-state index is -0.102. The van der Waals surface area contributed by atoms with E-state index < -0.39 is 0 Å². The van der Waals surface area contributed by atoms with Crippen LogP contribution in [0.15, 0.2) is 78.2 Å². The normalized spacial score (nSPS) is 10.9. The molecular formula is C21H17ClN4OS. The molecular weight excluding hydrogens is 392 g/mol. The first-order valence-corrected chi connectivity index (χ1v) is 10.1. The molecule has 0 saturated carbocycles. The van der Waals surface area contributed by atoms with Crippen LogP contribution in [0, 0.1) is 0 Å². The summed E-state index contributed by atoms with van der Waals surface area (Å²) in [6.45, 7) is 0.672. The second kappa shape index (κ2) is 8.46. The van der Waals surface area contributed by atoms with Gasteiger partial charge in [-0.25, -0.2) is 4.98 Å². The summed E-state index contributed by atoms with van der Waals surface area (Å²) in [6.07, 6.45) is 3.29. The molecule has 4 rings (SSSR count). The molecule has 0 aliphatic heterocycles. The van der Waals surface area contributed by atoms with Gasteiger partial charge in [0.25, 0.3) is 0 Å². The number of fused-ring (bicyclic) bond motifs is 1. The van der Waals surface area contributed by atoms with Crippen LogP contribution in [-0.2, 0) is 11.3 Å². The van der Waals surface area contributed by atoms with Gasteiger partial charge in [-0.15, -0.1) is 0 Å². The van der Waals surface area contributed by atoms with Gasteiger partial charge < -0.3 is 9.88 Å². The van der Waals surface area contributed by atoms with Crippen LogP contribution in [-0.4, -0.2) is 26.2 Å². The predicted octanol–water partition coefficient (Wildman–Crippen LogP) is 4.86. The van der Waals surface area contributed by atoms with Crippen molar-refractivity contribution in [1.29, 1.82) is 0 Å². The number of amides is 1. The maximum absolute atomic E-state index is 12.3. The number of benzene rings is 2. The molecule has 0 atom stereocenters. The van der Waals surface area contributed by atoms with Gasteiger partial charge in [-0.3, -0.25) is 9.78 Å². The zero-order valence-electron chi connectivity index (χ0n) is 14.9. The molecule has 2 heterocycles. The summed E-state index contributed by atoms with van der Waals surface area (Å²) in [6, 6.07) is 19.4. The Bertz CT molecular complexity index is 1100. The summed E-state index contributed by atoms with van der Waals surface area (Å²) in [5.74, 6) is 0.148. The molecule has 7 heteroatoms. The molecule has 1 N–H and O–H groups in total. The molecule has 5 nitrogen and oxygen atoms in total. The van der Waals surface area contributed by atoms with E-state index in [0.717, 1.165) is 16.2 Å². The minimum absolute atomic E-state index is 0.102. The van der Waals surface area contributed by atoms with Crippen molar-refractivity contribution in [3.63, 3.8) is 0 Å². The van der Waals surface area contributed by atoms with E-state index in [1.54, 1.807) is 18.5 Å². The number of thioether (sulfide) groups is 1. The second-order valence-corrected chi connectivity index (χ2v) is 7.56. The lowest BCUT2D eigenvalue weighted by molar-refractivity contribution is -0.113. The number of rotatable bonds is 6. The van der Waals surface area contributed by atoms with Crippen LogP contribution < -0.4 is 5.32 Å². The number of aromatic nitrogens is 3. The van der Waals surface area contributed by atoms with Crippen molar-refractivity contribution in [3.8, 4) is 0 Å². The molecule has 0 unspecified atom stereocenters. The van der Waals surface area contributed by atoms with E-state index in [9.17, 15) is 4.79 Å². The fraction of sp³-hybridized carbons (Fsp3) is 0.0952. The number of hydrogen-bond donors (Lipinski definition) is 1. The van der Waals surface area contributed by atoms with Crippen LogP contribution >= 0.6 is 23.4 Å². The fourth-order valence-electron chi connectivity index (χ4n) is 2.87. The highest BCUT2D eigenvalue weighted by Crippen LogP contribution is 2.27. The Morgan fingerprint density at radius 3 is 2.75 bits per heavy atom. The van der Waals surface area contributed by atoms with Crippen molar-refractivity contribution in [3.05, 3.63) is 83.6 Å². The van der Waals surface area contributed by atoms with E-state index in [2.05, 4.69) is 27.0 Å². The summed E-state index contributed by atoms with van der Waals surface area (Å²) in [7, 11) is 0. The van der Waals surface area contributed by atoms with Crippen molar-refractivity contribution in [2.24, 2.45) is 0 Å². The summed E-state index contributed by atoms with van der Waals surface area (Å²) in [5.41, 5.74) is 3.65. The van der Waals surface area contributed by atoms with Crippen LogP contribution in [0.3, 0.4) is 0 Å². The van der Waals surface area contributed by atoms with Gasteiger partial charge in [-0.1, -0.05) is 53.7 Å². The van der Waals surface area contributed by atoms with Crippen molar-refractivity contribution < 1.29 is 4.79 Å². The quantitative estimate of drug-likeness (QED) is 0.462. The number of hydrogen-bond acceptors (Lipinski definition) is 4. The number of anilines is 1. The molecule has 0 aliphatic rings. The number of carbonyl (C=O) groups excluding carboxylic acids is 1. The SMILES string of the molecule is O=C(CSc1nc2cc(Cl)ccc2n1Cc1ccccc1)Nc1cccnc1. The van der Waals surface area contributed by atoms with E-state index in [1.807, 2.05) is 42.5 Å². The van der Waals surface area contributed by atoms with Crippen LogP contribution in [0.25, 0.3) is 11.0 Å². The van der Waals surface area contributed by atoms with E-state index in [1.165, 1.54) is 17.3 Å². The average Bonchev–Trinajstić information content (AvgIpc) is 3.04. The highest BCUT2D eigenvalue weighted by molar-refractivity contribution is 7.99. The molecule has 2 aromatic heterocycles. The number of nitrogens with one attached hydrogen (secondary N) is 1. The van der Waals surface area contributed by atoms with Crippen LogP contribution in [0.1, 0.15) is 5.56 Å². The smallest absolute Gasteiger partial charge is 0.234 e. The topological polar surface area (TPSA) is 59.8 Å². The van der Waals surface area contributed by atoms with Crippen molar-refractivity contribution in [2.45, 2.75) is 11.7 Å². The van der Waals surface area contributed by atoms with Crippen LogP contribution in [0.5, 0.6) is 0 Å². The standard InChI is InChI=1S/C21H17ClN4OS/c22-16-8-9-19-18(11-16)25-21(26(19)13-15-5-2-1-3-6-15)28-14-20(27)24-17-7-4-10-23-12-17/h1-12H,13-14H2,(H,24,27). The molecule has 4 aromatic rings. The Balaban J connectivity index is 1.57. The third-order valence-corrected chi connectivity index (χ3v) is 5.35. The summed E-state index contributed by atoms with van der Waals surface area (Å²) in [4.78, 5) is 21.0. The lowest BCUT2D eigenvalue weighted by Gasteiger charge is -2.09. The van der Waals surface area contributed by atoms with Crippen LogP contribution in [0.2, 0.25) is 5.02 Å². The lowest BCUT2D eigenvalue weighted by Crippen LogP contribution is -2.14. The molecule has 0 bridgehead atoms. The summed E-state index contributed by atoms with van der Waals surface area (Å²) >= 11 is 7.53. The van der Waals surface area contributed by atoms with E-state index in [0.29, 0.717) is 17.3 Å². The highest BCUT2D eigenvalue weighted by Gasteiger charge is 2.14. The van der Waals surface area contributed by atoms with Gasteiger partial charge in [-0.2, -0.15) is 0 Å². The van der Waals surface area contributed by atoms with Gasteiger partial charge in [0.05, 0.1) is 35.2 Å². The third-order valence-electron chi connectivity index (χ3n) is 4.14. The molecule has 1 amide bonds. The first-order chi connectivity index (χ1) is 13.7. The van der Waals surface area contributed by atoms with E-state index in [-0.39, 0.29) is 11.7 Å². The van der Waals surface area contributed by atoms with Crippen molar-refractivity contribution >= 4 is 46.0 Å². The molecule has 0 saturated heterocycles. The first kappa shape index (κ1) is 18.5. The maximum atomic E-state index is 12.3. The highest BCUT2D eigenvalue weighted by atomic mass is 35.5. The van der Waals surface area contributed by atoms with Gasteiger partial charge in [0, 0.05) is 11.2 Å². The molecule has 0 fully saturated rings. The van der Waals surface area contributed by atoms with Gasteiger partial charge in [0.15, 0.2) is 5.16 Å². The predicted molar refractivity (Wildman–Crippen MR) is 114 cm³/mol. The van der Waals surface area contributed by atoms with E-state index in [4.69, 9.17) is 16.6 Å². The fourth-order valence-corrected chi connectivity index (χ4v) is 3.85. The lowest BCUT2D eigenvalue weighted by atomic mass is 10.2. The Morgan fingerprint density at radius 1 is 1.11 bits per heavy atom. The Hall–Kier alpha value is -2.83. The van der Waals surface area contributed by atoms with Crippen molar-refractivity contribution in [2.75, 3.05) is 11.1 Å². The number of halogens is 1. The zero-order valence-corrected chi connectivity index (χ0v) is 16.5. The van der Waals surface area contributed by atoms with Crippen molar-refractivity contribution in [1.82, 2.24) is 14.5 Å². The molecule has 0 aliphatic carbocycles. The summed E-state index contributed by atoms with van der Waals surface area (Å²) in [5, 5.41) is 4.27. The number of imidazole rings is 1. The Morgan fingerprint density at radius 2 is 1.96 bits per heavy atom. The second-order valence-electron chi connectivity index (χ2n) is 6.18. The molecule has 0 spiro atoms. The van der Waals surface area contributed by atoms with E-state index >= 15 is 0 Å². The molecule has 0 radical (unpaired) electrons. The third kappa shape index (κ3) is 4.35. The largest absolute Gasteiger partial charge is 0.324 e. The average molecular weight is 409 g/mol. The van der Waals surface area contributed by atoms with Gasteiger partial charge in [0.2, 0.25) is 5.91 Å². The Kier molecular flexibility index (Phi) is 5.60. The maximum Gasteiger partial charge on any atom is 0.234 e. The number of nitrogens with zero attached hydrogens (tertiary/aromatic N) is 3. The monoisotopic (exact) mass is 408 g/mol. The van der Waals surface area contributed by atoms with Gasteiger partial charge in [0.1, 0.15) is 0 Å². The van der Waals surface area contributed by atoms with Crippen LogP contribution in [0.4, 0.5) is 5.69 Å². The summed E-state index contributed by atoms with van der Waals surface area (Å²) < 4.78 is 2.11. The first-order valence-electron chi connectivity index (χ1n) is 8.71. The molecule has 140 valence electrons. The van der Waals surface area contributed by atoms with Gasteiger partial charge in [-0.05, 0) is 35.9 Å². The number of carbonyl (C=O) groups is 1.